The topological polar surface area (TPSA) is 92.4 Å². The van der Waals surface area contributed by atoms with E-state index in [-0.39, 0.29) is 17.1 Å². The summed E-state index contributed by atoms with van der Waals surface area (Å²) < 4.78 is 27.0. The first-order valence-corrected chi connectivity index (χ1v) is 8.91. The molecule has 0 spiro atoms. The number of nitrogen functional groups attached to an aromatic ring is 1. The number of aliphatic hydroxyl groups is 1. The van der Waals surface area contributed by atoms with Gasteiger partial charge in [-0.1, -0.05) is 25.5 Å². The molecule has 1 saturated carbocycles. The van der Waals surface area contributed by atoms with Gasteiger partial charge < -0.3 is 10.8 Å². The van der Waals surface area contributed by atoms with Crippen LogP contribution < -0.4 is 10.5 Å². The van der Waals surface area contributed by atoms with Crippen molar-refractivity contribution in [2.75, 3.05) is 12.3 Å². The molecule has 0 atom stereocenters. The normalized spacial score (nSPS) is 26.7. The third kappa shape index (κ3) is 3.96. The monoisotopic (exact) mass is 312 g/mol. The summed E-state index contributed by atoms with van der Waals surface area (Å²) in [7, 11) is -3.68. The lowest BCUT2D eigenvalue weighted by Gasteiger charge is -2.35. The number of nitrogens with one attached hydrogen (secondary N) is 1. The summed E-state index contributed by atoms with van der Waals surface area (Å²) in [6.07, 6.45) is 4.28. The van der Waals surface area contributed by atoms with Crippen molar-refractivity contribution >= 4 is 15.7 Å². The number of para-hydroxylation sites is 1. The Balaban J connectivity index is 2.01. The van der Waals surface area contributed by atoms with Crippen LogP contribution in [0.4, 0.5) is 5.69 Å². The number of anilines is 1. The molecule has 6 heteroatoms. The number of sulfonamides is 1. The Labute approximate surface area is 126 Å². The fourth-order valence-corrected chi connectivity index (χ4v) is 4.08. The molecule has 0 bridgehead atoms. The van der Waals surface area contributed by atoms with Gasteiger partial charge in [0, 0.05) is 6.54 Å². The van der Waals surface area contributed by atoms with E-state index in [1.807, 2.05) is 0 Å². The summed E-state index contributed by atoms with van der Waals surface area (Å²) in [5.74, 6) is 0.645. The van der Waals surface area contributed by atoms with Gasteiger partial charge in [-0.25, -0.2) is 13.1 Å². The van der Waals surface area contributed by atoms with Crippen LogP contribution in [-0.2, 0) is 10.0 Å². The maximum atomic E-state index is 12.3. The molecule has 0 saturated heterocycles. The lowest BCUT2D eigenvalue weighted by atomic mass is 9.78. The lowest BCUT2D eigenvalue weighted by molar-refractivity contribution is -0.00442. The molecule has 1 aromatic rings. The summed E-state index contributed by atoms with van der Waals surface area (Å²) in [6, 6.07) is 6.34. The molecule has 0 radical (unpaired) electrons. The van der Waals surface area contributed by atoms with Gasteiger partial charge in [0.25, 0.3) is 0 Å². The predicted octanol–water partition coefficient (Wildman–Crippen LogP) is 1.88. The average molecular weight is 312 g/mol. The van der Waals surface area contributed by atoms with Crippen molar-refractivity contribution in [3.63, 3.8) is 0 Å². The van der Waals surface area contributed by atoms with E-state index < -0.39 is 15.6 Å². The molecule has 0 unspecified atom stereocenters. The Morgan fingerprint density at radius 1 is 1.33 bits per heavy atom. The van der Waals surface area contributed by atoms with Gasteiger partial charge in [-0.3, -0.25) is 0 Å². The number of hydrogen-bond donors (Lipinski definition) is 3. The van der Waals surface area contributed by atoms with Crippen molar-refractivity contribution in [3.8, 4) is 0 Å². The Bertz CT molecular complexity index is 578. The van der Waals surface area contributed by atoms with Gasteiger partial charge in [-0.2, -0.15) is 0 Å². The van der Waals surface area contributed by atoms with Crippen molar-refractivity contribution in [3.05, 3.63) is 24.3 Å². The lowest BCUT2D eigenvalue weighted by Crippen LogP contribution is -2.45. The molecule has 5 nitrogen and oxygen atoms in total. The second kappa shape index (κ2) is 6.34. The standard InChI is InChI=1S/C15H24N2O3S/c1-2-12-7-9-15(18,10-8-12)11-17-21(19,20)14-6-4-3-5-13(14)16/h3-6,12,17-18H,2,7-11,16H2,1H3. The summed E-state index contributed by atoms with van der Waals surface area (Å²) in [5.41, 5.74) is 4.98. The smallest absolute Gasteiger partial charge is 0.242 e. The third-order valence-corrected chi connectivity index (χ3v) is 5.89. The van der Waals surface area contributed by atoms with Gasteiger partial charge in [0.05, 0.1) is 11.3 Å². The first-order chi connectivity index (χ1) is 9.86. The molecule has 1 fully saturated rings. The zero-order valence-corrected chi connectivity index (χ0v) is 13.2. The summed E-state index contributed by atoms with van der Waals surface area (Å²) in [6.45, 7) is 2.19. The Hall–Kier alpha value is -1.11. The number of rotatable bonds is 5. The number of benzene rings is 1. The maximum Gasteiger partial charge on any atom is 0.242 e. The van der Waals surface area contributed by atoms with Crippen LogP contribution in [0.1, 0.15) is 39.0 Å². The van der Waals surface area contributed by atoms with Crippen LogP contribution in [0.15, 0.2) is 29.2 Å². The SMILES string of the molecule is CCC1CCC(O)(CNS(=O)(=O)c2ccccc2N)CC1. The van der Waals surface area contributed by atoms with Crippen LogP contribution >= 0.6 is 0 Å². The highest BCUT2D eigenvalue weighted by Gasteiger charge is 2.34. The largest absolute Gasteiger partial charge is 0.398 e. The fraction of sp³-hybridized carbons (Fsp3) is 0.600. The van der Waals surface area contributed by atoms with Crippen molar-refractivity contribution in [1.82, 2.24) is 4.72 Å². The molecule has 1 aliphatic rings. The predicted molar refractivity (Wildman–Crippen MR) is 83.2 cm³/mol. The zero-order chi connectivity index (χ0) is 15.5. The summed E-state index contributed by atoms with van der Waals surface area (Å²) in [4.78, 5) is 0.0656. The quantitative estimate of drug-likeness (QED) is 0.724. The first-order valence-electron chi connectivity index (χ1n) is 7.43. The zero-order valence-electron chi connectivity index (χ0n) is 12.4. The van der Waals surface area contributed by atoms with Gasteiger partial charge in [0.2, 0.25) is 10.0 Å². The number of nitrogens with two attached hydrogens (primary N) is 1. The highest BCUT2D eigenvalue weighted by molar-refractivity contribution is 7.89. The highest BCUT2D eigenvalue weighted by atomic mass is 32.2. The van der Waals surface area contributed by atoms with Crippen LogP contribution in [0.25, 0.3) is 0 Å². The maximum absolute atomic E-state index is 12.3. The van der Waals surface area contributed by atoms with E-state index in [1.165, 1.54) is 6.07 Å². The molecular formula is C15H24N2O3S. The van der Waals surface area contributed by atoms with E-state index in [9.17, 15) is 13.5 Å². The Morgan fingerprint density at radius 3 is 2.52 bits per heavy atom. The minimum absolute atomic E-state index is 0.0418. The van der Waals surface area contributed by atoms with Gasteiger partial charge >= 0.3 is 0 Å². The van der Waals surface area contributed by atoms with Crippen LogP contribution in [0.3, 0.4) is 0 Å². The summed E-state index contributed by atoms with van der Waals surface area (Å²) in [5, 5.41) is 10.5. The molecule has 2 rings (SSSR count). The molecule has 0 aromatic heterocycles. The van der Waals surface area contributed by atoms with Gasteiger partial charge in [0.1, 0.15) is 4.90 Å². The van der Waals surface area contributed by atoms with Gasteiger partial charge in [-0.15, -0.1) is 0 Å². The van der Waals surface area contributed by atoms with Crippen LogP contribution in [0.2, 0.25) is 0 Å². The van der Waals surface area contributed by atoms with Gasteiger partial charge in [-0.05, 0) is 43.7 Å². The molecule has 0 amide bonds. The average Bonchev–Trinajstić information content (AvgIpc) is 2.47. The Morgan fingerprint density at radius 2 is 1.95 bits per heavy atom. The van der Waals surface area contributed by atoms with E-state index in [0.717, 1.165) is 19.3 Å². The first kappa shape index (κ1) is 16.3. The molecule has 118 valence electrons. The van der Waals surface area contributed by atoms with Crippen LogP contribution in [-0.4, -0.2) is 25.7 Å². The second-order valence-corrected chi connectivity index (χ2v) is 7.67. The minimum atomic E-state index is -3.68. The van der Waals surface area contributed by atoms with Crippen molar-refractivity contribution in [2.24, 2.45) is 5.92 Å². The van der Waals surface area contributed by atoms with E-state index in [1.54, 1.807) is 18.2 Å². The van der Waals surface area contributed by atoms with Gasteiger partial charge in [0.15, 0.2) is 0 Å². The Kier molecular flexibility index (Phi) is 4.91. The molecule has 0 heterocycles. The fourth-order valence-electron chi connectivity index (χ4n) is 2.83. The molecule has 4 N–H and O–H groups in total. The van der Waals surface area contributed by atoms with Crippen LogP contribution in [0.5, 0.6) is 0 Å². The molecular weight excluding hydrogens is 288 g/mol. The third-order valence-electron chi connectivity index (χ3n) is 4.41. The second-order valence-electron chi connectivity index (χ2n) is 5.94. The van der Waals surface area contributed by atoms with E-state index >= 15 is 0 Å². The van der Waals surface area contributed by atoms with Crippen molar-refractivity contribution < 1.29 is 13.5 Å². The van der Waals surface area contributed by atoms with Crippen LogP contribution in [0, 0.1) is 5.92 Å². The molecule has 1 aliphatic carbocycles. The summed E-state index contributed by atoms with van der Waals surface area (Å²) >= 11 is 0. The highest BCUT2D eigenvalue weighted by Crippen LogP contribution is 2.33. The molecule has 1 aromatic carbocycles. The van der Waals surface area contributed by atoms with E-state index in [2.05, 4.69) is 11.6 Å². The number of hydrogen-bond acceptors (Lipinski definition) is 4. The minimum Gasteiger partial charge on any atom is -0.398 e. The van der Waals surface area contributed by atoms with Crippen molar-refractivity contribution in [2.45, 2.75) is 49.5 Å². The van der Waals surface area contributed by atoms with E-state index in [0.29, 0.717) is 18.8 Å². The van der Waals surface area contributed by atoms with Crippen molar-refractivity contribution in [1.29, 1.82) is 0 Å². The molecule has 21 heavy (non-hydrogen) atoms. The molecule has 0 aliphatic heterocycles. The van der Waals surface area contributed by atoms with E-state index in [4.69, 9.17) is 5.73 Å².